The van der Waals surface area contributed by atoms with E-state index >= 15 is 0 Å². The zero-order valence-electron chi connectivity index (χ0n) is 9.46. The van der Waals surface area contributed by atoms with Gasteiger partial charge in [0.25, 0.3) is 0 Å². The van der Waals surface area contributed by atoms with Crippen LogP contribution in [-0.2, 0) is 19.4 Å². The first-order valence-electron chi connectivity index (χ1n) is 4.84. The Hall–Kier alpha value is 0.943. The van der Waals surface area contributed by atoms with Crippen LogP contribution in [0.25, 0.3) is 0 Å². The molecule has 0 nitrogen and oxygen atoms in total. The Morgan fingerprint density at radius 2 is 1.57 bits per heavy atom. The van der Waals surface area contributed by atoms with E-state index in [0.29, 0.717) is 0 Å². The van der Waals surface area contributed by atoms with Crippen LogP contribution in [0.4, 0.5) is 0 Å². The van der Waals surface area contributed by atoms with Crippen molar-refractivity contribution < 1.29 is 19.4 Å². The third-order valence-electron chi connectivity index (χ3n) is 3.58. The topological polar surface area (TPSA) is 0 Å². The summed E-state index contributed by atoms with van der Waals surface area (Å²) in [4.78, 5) is 0. The normalized spacial score (nSPS) is 20.8. The molecular weight excluding hydrogens is 294 g/mol. The molecule has 0 aromatic heterocycles. The summed E-state index contributed by atoms with van der Waals surface area (Å²) in [5, 5.41) is 0. The summed E-state index contributed by atoms with van der Waals surface area (Å²) in [5.74, 6) is 0. The van der Waals surface area contributed by atoms with Gasteiger partial charge in [-0.25, -0.2) is 0 Å². The zero-order valence-corrected chi connectivity index (χ0v) is 13.4. The Labute approximate surface area is 102 Å². The molecule has 14 heavy (non-hydrogen) atoms. The van der Waals surface area contributed by atoms with Crippen molar-refractivity contribution in [3.8, 4) is 0 Å². The fourth-order valence-electron chi connectivity index (χ4n) is 2.16. The summed E-state index contributed by atoms with van der Waals surface area (Å²) in [7, 11) is 12.1. The molecule has 0 aromatic rings. The van der Waals surface area contributed by atoms with Gasteiger partial charge in [-0.05, 0) is 0 Å². The molecule has 0 aromatic carbocycles. The van der Waals surface area contributed by atoms with E-state index in [0.717, 1.165) is 4.13 Å². The van der Waals surface area contributed by atoms with E-state index in [4.69, 9.17) is 17.0 Å². The molecule has 79 valence electrons. The van der Waals surface area contributed by atoms with E-state index in [1.165, 1.54) is 22.3 Å². The van der Waals surface area contributed by atoms with Gasteiger partial charge in [0.15, 0.2) is 0 Å². The Morgan fingerprint density at radius 1 is 1.07 bits per heavy atom. The second-order valence-electron chi connectivity index (χ2n) is 4.49. The molecule has 0 aliphatic heterocycles. The first-order chi connectivity index (χ1) is 6.28. The van der Waals surface area contributed by atoms with Gasteiger partial charge in [0.05, 0.1) is 0 Å². The van der Waals surface area contributed by atoms with Gasteiger partial charge in [0.1, 0.15) is 0 Å². The second kappa shape index (κ2) is 4.44. The third kappa shape index (κ3) is 2.20. The van der Waals surface area contributed by atoms with Crippen molar-refractivity contribution in [1.82, 2.24) is 0 Å². The molecule has 3 heteroatoms. The molecule has 1 aliphatic rings. The maximum atomic E-state index is 6.06. The molecule has 0 saturated heterocycles. The maximum absolute atomic E-state index is 6.06. The molecule has 1 rings (SSSR count). The van der Waals surface area contributed by atoms with Crippen molar-refractivity contribution in [2.24, 2.45) is 5.41 Å². The minimum atomic E-state index is -2.06. The van der Waals surface area contributed by atoms with Crippen LogP contribution < -0.4 is 0 Å². The zero-order chi connectivity index (χ0) is 11.1. The van der Waals surface area contributed by atoms with Crippen LogP contribution in [0.1, 0.15) is 34.6 Å². The summed E-state index contributed by atoms with van der Waals surface area (Å²) >= 11 is -2.06. The molecule has 0 N–H and O–H groups in total. The predicted molar refractivity (Wildman–Crippen MR) is 61.4 cm³/mol. The Kier molecular flexibility index (Phi) is 4.12. The Bertz CT molecular complexity index is 311. The van der Waals surface area contributed by atoms with Crippen LogP contribution in [0.2, 0.25) is 4.13 Å². The second-order valence-corrected chi connectivity index (χ2v) is 13.6. The van der Waals surface area contributed by atoms with Crippen molar-refractivity contribution in [2.75, 3.05) is 0 Å². The van der Waals surface area contributed by atoms with Crippen molar-refractivity contribution in [1.29, 1.82) is 0 Å². The van der Waals surface area contributed by atoms with Gasteiger partial charge in [-0.1, -0.05) is 0 Å². The molecular formula is C11H17Cl2Zr. The van der Waals surface area contributed by atoms with Crippen LogP contribution in [0.5, 0.6) is 0 Å². The summed E-state index contributed by atoms with van der Waals surface area (Å²) < 4.78 is 0.971. The fraction of sp³-hybridized carbons (Fsp3) is 0.636. The van der Waals surface area contributed by atoms with Gasteiger partial charge in [0.2, 0.25) is 0 Å². The Morgan fingerprint density at radius 3 is 1.86 bits per heavy atom. The van der Waals surface area contributed by atoms with Crippen LogP contribution in [0, 0.1) is 5.41 Å². The van der Waals surface area contributed by atoms with Crippen molar-refractivity contribution in [3.63, 3.8) is 0 Å². The number of rotatable bonds is 2. The van der Waals surface area contributed by atoms with E-state index in [2.05, 4.69) is 34.6 Å². The van der Waals surface area contributed by atoms with E-state index in [9.17, 15) is 0 Å². The monoisotopic (exact) mass is 309 g/mol. The van der Waals surface area contributed by atoms with Gasteiger partial charge in [-0.3, -0.25) is 0 Å². The molecule has 0 fully saturated rings. The quantitative estimate of drug-likeness (QED) is 0.671. The van der Waals surface area contributed by atoms with Gasteiger partial charge in [0, 0.05) is 0 Å². The average molecular weight is 311 g/mol. The van der Waals surface area contributed by atoms with Crippen LogP contribution >= 0.6 is 17.0 Å². The third-order valence-corrected chi connectivity index (χ3v) is 6.69. The van der Waals surface area contributed by atoms with E-state index < -0.39 is 19.4 Å². The SMILES string of the molecule is CC1=C(C)C(C)(C)C([CH2][Zr]([Cl])[Cl])=C1C. The number of hydrogen-bond donors (Lipinski definition) is 0. The van der Waals surface area contributed by atoms with E-state index in [1.54, 1.807) is 0 Å². The minimum absolute atomic E-state index is 0.184. The van der Waals surface area contributed by atoms with Gasteiger partial charge < -0.3 is 0 Å². The molecule has 0 radical (unpaired) electrons. The first-order valence-corrected chi connectivity index (χ1v) is 12.9. The molecule has 0 amide bonds. The van der Waals surface area contributed by atoms with Gasteiger partial charge in [-0.2, -0.15) is 0 Å². The van der Waals surface area contributed by atoms with E-state index in [-0.39, 0.29) is 5.41 Å². The molecule has 0 atom stereocenters. The predicted octanol–water partition coefficient (Wildman–Crippen LogP) is 5.02. The molecule has 0 bridgehead atoms. The summed E-state index contributed by atoms with van der Waals surface area (Å²) in [6.07, 6.45) is 0. The fourth-order valence-corrected chi connectivity index (χ4v) is 6.13. The summed E-state index contributed by atoms with van der Waals surface area (Å²) in [6.45, 7) is 11.2. The van der Waals surface area contributed by atoms with Crippen molar-refractivity contribution in [2.45, 2.75) is 38.7 Å². The van der Waals surface area contributed by atoms with Crippen molar-refractivity contribution in [3.05, 3.63) is 22.3 Å². The molecule has 1 aliphatic carbocycles. The molecule has 0 spiro atoms. The number of allylic oxidation sites excluding steroid dienone is 4. The Balaban J connectivity index is 3.09. The molecule has 0 saturated carbocycles. The standard InChI is InChI=1S/C11H17.2ClH.Zr/c1-7-8(2)10(4)11(5,6)9(7)3;;;/h3H2,1-2,4-6H3;2*1H;/q;;;+2/p-2. The number of halogens is 2. The van der Waals surface area contributed by atoms with E-state index in [1.807, 2.05) is 0 Å². The van der Waals surface area contributed by atoms with Crippen LogP contribution in [-0.4, -0.2) is 0 Å². The van der Waals surface area contributed by atoms with Crippen molar-refractivity contribution >= 4 is 17.0 Å². The van der Waals surface area contributed by atoms with Crippen LogP contribution in [0.3, 0.4) is 0 Å². The van der Waals surface area contributed by atoms with Crippen LogP contribution in [0.15, 0.2) is 22.3 Å². The van der Waals surface area contributed by atoms with Gasteiger partial charge in [-0.15, -0.1) is 0 Å². The average Bonchev–Trinajstić information content (AvgIpc) is 2.20. The molecule has 0 heterocycles. The summed E-state index contributed by atoms with van der Waals surface area (Å²) in [5.41, 5.74) is 5.99. The number of hydrogen-bond acceptors (Lipinski definition) is 0. The summed E-state index contributed by atoms with van der Waals surface area (Å²) in [6, 6.07) is 0. The van der Waals surface area contributed by atoms with Gasteiger partial charge >= 0.3 is 103 Å². The first kappa shape index (κ1) is 13.0. The molecule has 0 unspecified atom stereocenters.